The molecule has 0 spiro atoms. The summed E-state index contributed by atoms with van der Waals surface area (Å²) in [6.45, 7) is 3.48. The number of carbonyl (C=O) groups is 2. The van der Waals surface area contributed by atoms with E-state index >= 15 is 0 Å². The van der Waals surface area contributed by atoms with Crippen LogP contribution in [0.1, 0.15) is 26.2 Å². The maximum atomic E-state index is 12.9. The van der Waals surface area contributed by atoms with Gasteiger partial charge >= 0.3 is 6.09 Å². The summed E-state index contributed by atoms with van der Waals surface area (Å²) in [4.78, 5) is 26.5. The summed E-state index contributed by atoms with van der Waals surface area (Å²) in [6.07, 6.45) is 1.79. The van der Waals surface area contributed by atoms with E-state index in [-0.39, 0.29) is 17.9 Å². The molecule has 1 saturated heterocycles. The Morgan fingerprint density at radius 2 is 1.86 bits per heavy atom. The normalized spacial score (nSPS) is 14.3. The largest absolute Gasteiger partial charge is 0.497 e. The molecule has 1 fully saturated rings. The van der Waals surface area contributed by atoms with E-state index in [9.17, 15) is 9.59 Å². The first-order valence-electron chi connectivity index (χ1n) is 10.1. The van der Waals surface area contributed by atoms with Gasteiger partial charge in [0.2, 0.25) is 5.91 Å². The van der Waals surface area contributed by atoms with Gasteiger partial charge < -0.3 is 19.7 Å². The van der Waals surface area contributed by atoms with Crippen LogP contribution in [0.15, 0.2) is 48.5 Å². The highest BCUT2D eigenvalue weighted by atomic mass is 16.6. The lowest BCUT2D eigenvalue weighted by molar-refractivity contribution is -0.121. The van der Waals surface area contributed by atoms with E-state index in [2.05, 4.69) is 5.32 Å². The van der Waals surface area contributed by atoms with Crippen LogP contribution in [-0.4, -0.2) is 43.7 Å². The third-order valence-corrected chi connectivity index (χ3v) is 5.12. The van der Waals surface area contributed by atoms with Crippen molar-refractivity contribution in [1.29, 1.82) is 0 Å². The fourth-order valence-corrected chi connectivity index (χ4v) is 3.47. The number of rotatable bonds is 6. The number of anilines is 1. The number of amides is 2. The number of piperidine rings is 1. The highest BCUT2D eigenvalue weighted by Crippen LogP contribution is 2.31. The van der Waals surface area contributed by atoms with E-state index in [1.54, 1.807) is 12.0 Å². The average Bonchev–Trinajstić information content (AvgIpc) is 2.78. The van der Waals surface area contributed by atoms with Crippen molar-refractivity contribution in [2.24, 2.45) is 5.92 Å². The summed E-state index contributed by atoms with van der Waals surface area (Å²) in [5.74, 6) is 0.636. The van der Waals surface area contributed by atoms with Crippen molar-refractivity contribution >= 4 is 17.7 Å². The second-order valence-corrected chi connectivity index (χ2v) is 7.14. The van der Waals surface area contributed by atoms with E-state index in [1.807, 2.05) is 55.5 Å². The summed E-state index contributed by atoms with van der Waals surface area (Å²) in [5.41, 5.74) is 2.70. The first-order chi connectivity index (χ1) is 14.1. The predicted octanol–water partition coefficient (Wildman–Crippen LogP) is 4.56. The van der Waals surface area contributed by atoms with Crippen molar-refractivity contribution in [3.8, 4) is 16.9 Å². The highest BCUT2D eigenvalue weighted by Gasteiger charge is 2.28. The maximum absolute atomic E-state index is 12.9. The molecule has 1 aliphatic heterocycles. The summed E-state index contributed by atoms with van der Waals surface area (Å²) in [6, 6.07) is 15.5. The third-order valence-electron chi connectivity index (χ3n) is 5.12. The monoisotopic (exact) mass is 396 g/mol. The molecule has 6 heteroatoms. The molecular formula is C23H28N2O4. The molecule has 3 rings (SSSR count). The Morgan fingerprint density at radius 3 is 2.59 bits per heavy atom. The third kappa shape index (κ3) is 5.28. The van der Waals surface area contributed by atoms with Crippen LogP contribution in [0.3, 0.4) is 0 Å². The molecule has 0 bridgehead atoms. The van der Waals surface area contributed by atoms with Gasteiger partial charge in [-0.3, -0.25) is 4.79 Å². The fraction of sp³-hybridized carbons (Fsp3) is 0.391. The Hall–Kier alpha value is -3.02. The van der Waals surface area contributed by atoms with Crippen LogP contribution in [-0.2, 0) is 9.53 Å². The Balaban J connectivity index is 1.64. The molecule has 0 atom stereocenters. The molecule has 154 valence electrons. The topological polar surface area (TPSA) is 67.9 Å². The summed E-state index contributed by atoms with van der Waals surface area (Å²) in [7, 11) is 1.64. The number of para-hydroxylation sites is 1. The maximum Gasteiger partial charge on any atom is 0.409 e. The second-order valence-electron chi connectivity index (χ2n) is 7.14. The van der Waals surface area contributed by atoms with Crippen LogP contribution in [0.4, 0.5) is 10.5 Å². The van der Waals surface area contributed by atoms with Crippen molar-refractivity contribution in [3.05, 3.63) is 48.5 Å². The molecule has 1 aliphatic rings. The van der Waals surface area contributed by atoms with Crippen molar-refractivity contribution < 1.29 is 19.1 Å². The highest BCUT2D eigenvalue weighted by molar-refractivity contribution is 5.97. The van der Waals surface area contributed by atoms with Gasteiger partial charge in [-0.1, -0.05) is 37.3 Å². The van der Waals surface area contributed by atoms with Crippen molar-refractivity contribution in [2.75, 3.05) is 32.1 Å². The fourth-order valence-electron chi connectivity index (χ4n) is 3.47. The molecule has 1 heterocycles. The van der Waals surface area contributed by atoms with Gasteiger partial charge in [0, 0.05) is 30.3 Å². The lowest BCUT2D eigenvalue weighted by Crippen LogP contribution is -2.41. The SMILES string of the molecule is CCCOC(=O)N1CCC(C(=O)Nc2ccccc2-c2cccc(OC)c2)CC1. The lowest BCUT2D eigenvalue weighted by atomic mass is 9.95. The number of hydrogen-bond donors (Lipinski definition) is 1. The van der Waals surface area contributed by atoms with Gasteiger partial charge in [-0.15, -0.1) is 0 Å². The molecule has 0 saturated carbocycles. The Labute approximate surface area is 171 Å². The minimum absolute atomic E-state index is 0.0121. The Morgan fingerprint density at radius 1 is 1.10 bits per heavy atom. The van der Waals surface area contributed by atoms with Gasteiger partial charge in [0.25, 0.3) is 0 Å². The predicted molar refractivity (Wildman–Crippen MR) is 113 cm³/mol. The number of carbonyl (C=O) groups excluding carboxylic acids is 2. The zero-order chi connectivity index (χ0) is 20.6. The number of nitrogens with one attached hydrogen (secondary N) is 1. The number of likely N-dealkylation sites (tertiary alicyclic amines) is 1. The molecule has 0 aliphatic carbocycles. The molecular weight excluding hydrogens is 368 g/mol. The Kier molecular flexibility index (Phi) is 7.11. The molecule has 29 heavy (non-hydrogen) atoms. The molecule has 0 radical (unpaired) electrons. The lowest BCUT2D eigenvalue weighted by Gasteiger charge is -2.30. The van der Waals surface area contributed by atoms with Crippen molar-refractivity contribution in [2.45, 2.75) is 26.2 Å². The van der Waals surface area contributed by atoms with Gasteiger partial charge in [-0.2, -0.15) is 0 Å². The summed E-state index contributed by atoms with van der Waals surface area (Å²) >= 11 is 0. The zero-order valence-electron chi connectivity index (χ0n) is 17.0. The van der Waals surface area contributed by atoms with Gasteiger partial charge in [-0.25, -0.2) is 4.79 Å². The minimum atomic E-state index is -0.283. The van der Waals surface area contributed by atoms with E-state index < -0.39 is 0 Å². The number of hydrogen-bond acceptors (Lipinski definition) is 4. The molecule has 0 unspecified atom stereocenters. The summed E-state index contributed by atoms with van der Waals surface area (Å²) in [5, 5.41) is 3.08. The van der Waals surface area contributed by atoms with Crippen LogP contribution < -0.4 is 10.1 Å². The number of methoxy groups -OCH3 is 1. The van der Waals surface area contributed by atoms with Gasteiger partial charge in [0.1, 0.15) is 5.75 Å². The van der Waals surface area contributed by atoms with Crippen LogP contribution in [0.25, 0.3) is 11.1 Å². The molecule has 6 nitrogen and oxygen atoms in total. The van der Waals surface area contributed by atoms with E-state index in [4.69, 9.17) is 9.47 Å². The first-order valence-corrected chi connectivity index (χ1v) is 10.1. The van der Waals surface area contributed by atoms with Crippen LogP contribution in [0.2, 0.25) is 0 Å². The molecule has 2 aromatic carbocycles. The number of ether oxygens (including phenoxy) is 2. The van der Waals surface area contributed by atoms with Crippen LogP contribution in [0.5, 0.6) is 5.75 Å². The van der Waals surface area contributed by atoms with Gasteiger partial charge in [-0.05, 0) is 43.0 Å². The second kappa shape index (κ2) is 9.96. The van der Waals surface area contributed by atoms with E-state index in [0.717, 1.165) is 29.0 Å². The average molecular weight is 396 g/mol. The van der Waals surface area contributed by atoms with E-state index in [1.165, 1.54) is 0 Å². The molecule has 0 aromatic heterocycles. The van der Waals surface area contributed by atoms with Crippen molar-refractivity contribution in [1.82, 2.24) is 4.90 Å². The van der Waals surface area contributed by atoms with Gasteiger partial charge in [0.15, 0.2) is 0 Å². The quantitative estimate of drug-likeness (QED) is 0.777. The smallest absolute Gasteiger partial charge is 0.409 e. The molecule has 1 N–H and O–H groups in total. The number of benzene rings is 2. The first kappa shape index (κ1) is 20.7. The minimum Gasteiger partial charge on any atom is -0.497 e. The van der Waals surface area contributed by atoms with E-state index in [0.29, 0.717) is 32.5 Å². The summed E-state index contributed by atoms with van der Waals surface area (Å²) < 4.78 is 10.5. The van der Waals surface area contributed by atoms with Crippen LogP contribution >= 0.6 is 0 Å². The van der Waals surface area contributed by atoms with Crippen molar-refractivity contribution in [3.63, 3.8) is 0 Å². The Bertz CT molecular complexity index is 844. The molecule has 2 amide bonds. The standard InChI is InChI=1S/C23H28N2O4/c1-3-15-29-23(27)25-13-11-17(12-14-25)22(26)24-21-10-5-4-9-20(21)18-7-6-8-19(16-18)28-2/h4-10,16-17H,3,11-15H2,1-2H3,(H,24,26). The zero-order valence-corrected chi connectivity index (χ0v) is 17.0. The number of nitrogens with zero attached hydrogens (tertiary/aromatic N) is 1. The van der Waals surface area contributed by atoms with Gasteiger partial charge in [0.05, 0.1) is 13.7 Å². The molecule has 2 aromatic rings. The van der Waals surface area contributed by atoms with Crippen LogP contribution in [0, 0.1) is 5.92 Å².